The molecule has 1 nitrogen and oxygen atoms in total. The lowest BCUT2D eigenvalue weighted by Gasteiger charge is -2.07. The van der Waals surface area contributed by atoms with E-state index in [1.807, 2.05) is 42.5 Å². The predicted octanol–water partition coefficient (Wildman–Crippen LogP) is 5.16. The van der Waals surface area contributed by atoms with Gasteiger partial charge in [0.05, 0.1) is 5.75 Å². The van der Waals surface area contributed by atoms with Crippen LogP contribution in [0.3, 0.4) is 0 Å². The second kappa shape index (κ2) is 6.37. The maximum absolute atomic E-state index is 9.86. The highest BCUT2D eigenvalue weighted by Gasteiger charge is 2.07. The van der Waals surface area contributed by atoms with Crippen LogP contribution in [-0.2, 0) is 5.75 Å². The summed E-state index contributed by atoms with van der Waals surface area (Å²) in [4.78, 5) is 0. The van der Waals surface area contributed by atoms with Crippen molar-refractivity contribution in [3.8, 4) is 0 Å². The van der Waals surface area contributed by atoms with Gasteiger partial charge < -0.3 is 5.11 Å². The van der Waals surface area contributed by atoms with Crippen LogP contribution in [0.4, 0.5) is 0 Å². The zero-order valence-electron chi connectivity index (χ0n) is 9.57. The molecule has 1 N–H and O–H groups in total. The summed E-state index contributed by atoms with van der Waals surface area (Å²) in [6, 6.07) is 5.47. The lowest BCUT2D eigenvalue weighted by Crippen LogP contribution is -1.92. The van der Waals surface area contributed by atoms with Gasteiger partial charge in [0.2, 0.25) is 0 Å². The first-order chi connectivity index (χ1) is 8.68. The lowest BCUT2D eigenvalue weighted by molar-refractivity contribution is 0.414. The van der Waals surface area contributed by atoms with Gasteiger partial charge in [-0.25, -0.2) is 0 Å². The van der Waals surface area contributed by atoms with Gasteiger partial charge in [0.1, 0.15) is 5.76 Å². The van der Waals surface area contributed by atoms with E-state index in [1.54, 1.807) is 11.8 Å². The Morgan fingerprint density at radius 3 is 2.33 bits per heavy atom. The molecule has 1 aliphatic rings. The van der Waals surface area contributed by atoms with Crippen molar-refractivity contribution in [1.82, 2.24) is 0 Å². The normalized spacial score (nSPS) is 13.3. The van der Waals surface area contributed by atoms with E-state index in [4.69, 9.17) is 23.2 Å². The third-order valence-electron chi connectivity index (χ3n) is 2.54. The molecule has 0 aromatic heterocycles. The molecule has 0 radical (unpaired) electrons. The van der Waals surface area contributed by atoms with Crippen molar-refractivity contribution in [2.24, 2.45) is 0 Å². The van der Waals surface area contributed by atoms with Gasteiger partial charge in [0.25, 0.3) is 0 Å². The molecule has 94 valence electrons. The molecule has 0 atom stereocenters. The van der Waals surface area contributed by atoms with Crippen LogP contribution in [0.1, 0.15) is 5.56 Å². The fourth-order valence-corrected chi connectivity index (χ4v) is 3.24. The minimum absolute atomic E-state index is 0.383. The van der Waals surface area contributed by atoms with Gasteiger partial charge in [0, 0.05) is 21.4 Å². The average Bonchev–Trinajstić information content (AvgIpc) is 2.86. The van der Waals surface area contributed by atoms with E-state index in [1.165, 1.54) is 0 Å². The SMILES string of the molecule is OC(CSCc1c(Cl)cccc1Cl)=C1C=CC=C1. The fraction of sp³-hybridized carbons (Fsp3) is 0.143. The molecule has 1 aromatic rings. The second-order valence-electron chi connectivity index (χ2n) is 3.81. The van der Waals surface area contributed by atoms with Crippen LogP contribution in [0.25, 0.3) is 0 Å². The van der Waals surface area contributed by atoms with Gasteiger partial charge in [-0.3, -0.25) is 0 Å². The average molecular weight is 299 g/mol. The summed E-state index contributed by atoms with van der Waals surface area (Å²) in [6.45, 7) is 0. The molecule has 0 amide bonds. The molecule has 18 heavy (non-hydrogen) atoms. The number of allylic oxidation sites excluding steroid dienone is 5. The molecule has 0 saturated heterocycles. The molecular formula is C14H12Cl2OS. The Morgan fingerprint density at radius 1 is 1.11 bits per heavy atom. The van der Waals surface area contributed by atoms with E-state index in [-0.39, 0.29) is 0 Å². The predicted molar refractivity (Wildman–Crippen MR) is 80.6 cm³/mol. The number of thioether (sulfide) groups is 1. The highest BCUT2D eigenvalue weighted by atomic mass is 35.5. The van der Waals surface area contributed by atoms with Crippen molar-refractivity contribution in [2.45, 2.75) is 5.75 Å². The van der Waals surface area contributed by atoms with E-state index in [2.05, 4.69) is 0 Å². The minimum Gasteiger partial charge on any atom is -0.511 e. The Hall–Kier alpha value is -0.830. The molecule has 0 heterocycles. The summed E-state index contributed by atoms with van der Waals surface area (Å²) in [6.07, 6.45) is 7.58. The highest BCUT2D eigenvalue weighted by molar-refractivity contribution is 7.98. The number of aliphatic hydroxyl groups is 1. The van der Waals surface area contributed by atoms with Crippen LogP contribution in [-0.4, -0.2) is 10.9 Å². The number of hydrogen-bond acceptors (Lipinski definition) is 2. The highest BCUT2D eigenvalue weighted by Crippen LogP contribution is 2.29. The molecule has 0 fully saturated rings. The summed E-state index contributed by atoms with van der Waals surface area (Å²) >= 11 is 13.7. The van der Waals surface area contributed by atoms with E-state index < -0.39 is 0 Å². The number of rotatable bonds is 4. The largest absolute Gasteiger partial charge is 0.511 e. The van der Waals surface area contributed by atoms with Crippen molar-refractivity contribution in [2.75, 3.05) is 5.75 Å². The first kappa shape index (κ1) is 13.6. The summed E-state index contributed by atoms with van der Waals surface area (Å²) in [7, 11) is 0. The third kappa shape index (κ3) is 3.35. The topological polar surface area (TPSA) is 20.2 Å². The molecule has 0 saturated carbocycles. The molecule has 0 spiro atoms. The van der Waals surface area contributed by atoms with Crippen molar-refractivity contribution >= 4 is 35.0 Å². The van der Waals surface area contributed by atoms with Crippen LogP contribution in [0.5, 0.6) is 0 Å². The number of benzene rings is 1. The Kier molecular flexibility index (Phi) is 4.81. The Bertz CT molecular complexity index is 498. The van der Waals surface area contributed by atoms with Gasteiger partial charge in [0.15, 0.2) is 0 Å². The van der Waals surface area contributed by atoms with Crippen LogP contribution < -0.4 is 0 Å². The third-order valence-corrected chi connectivity index (χ3v) is 4.22. The van der Waals surface area contributed by atoms with E-state index in [9.17, 15) is 5.11 Å². The molecule has 0 aliphatic heterocycles. The number of hydrogen-bond donors (Lipinski definition) is 1. The van der Waals surface area contributed by atoms with Crippen LogP contribution in [0.2, 0.25) is 10.0 Å². The Morgan fingerprint density at radius 2 is 1.72 bits per heavy atom. The second-order valence-corrected chi connectivity index (χ2v) is 5.61. The first-order valence-electron chi connectivity index (χ1n) is 5.46. The molecule has 1 aliphatic carbocycles. The molecule has 0 bridgehead atoms. The van der Waals surface area contributed by atoms with Crippen molar-refractivity contribution < 1.29 is 5.11 Å². The molecule has 1 aromatic carbocycles. The van der Waals surface area contributed by atoms with Gasteiger partial charge in [-0.15, -0.1) is 11.8 Å². The van der Waals surface area contributed by atoms with Crippen molar-refractivity contribution in [3.05, 3.63) is 69.4 Å². The van der Waals surface area contributed by atoms with E-state index in [0.29, 0.717) is 27.3 Å². The zero-order chi connectivity index (χ0) is 13.0. The summed E-state index contributed by atoms with van der Waals surface area (Å²) in [5, 5.41) is 11.2. The monoisotopic (exact) mass is 298 g/mol. The standard InChI is InChI=1S/C14H12Cl2OS/c15-12-6-3-7-13(16)11(12)8-18-9-14(17)10-4-1-2-5-10/h1-7,17H,8-9H2. The summed E-state index contributed by atoms with van der Waals surface area (Å²) in [5.41, 5.74) is 1.79. The molecule has 2 rings (SSSR count). The van der Waals surface area contributed by atoms with Crippen molar-refractivity contribution in [3.63, 3.8) is 0 Å². The smallest absolute Gasteiger partial charge is 0.109 e. The quantitative estimate of drug-likeness (QED) is 0.774. The van der Waals surface area contributed by atoms with Crippen molar-refractivity contribution in [1.29, 1.82) is 0 Å². The number of aliphatic hydroxyl groups excluding tert-OH is 1. The Balaban J connectivity index is 1.95. The van der Waals surface area contributed by atoms with Crippen LogP contribution in [0, 0.1) is 0 Å². The van der Waals surface area contributed by atoms with Crippen LogP contribution >= 0.6 is 35.0 Å². The summed E-state index contributed by atoms with van der Waals surface area (Å²) in [5.74, 6) is 1.61. The fourth-order valence-electron chi connectivity index (χ4n) is 1.57. The minimum atomic E-state index is 0.383. The van der Waals surface area contributed by atoms with Crippen LogP contribution in [0.15, 0.2) is 53.8 Å². The van der Waals surface area contributed by atoms with Gasteiger partial charge in [-0.05, 0) is 17.7 Å². The van der Waals surface area contributed by atoms with Gasteiger partial charge in [-0.2, -0.15) is 0 Å². The lowest BCUT2D eigenvalue weighted by atomic mass is 10.2. The van der Waals surface area contributed by atoms with E-state index in [0.717, 1.165) is 11.1 Å². The molecule has 0 unspecified atom stereocenters. The molecule has 4 heteroatoms. The van der Waals surface area contributed by atoms with E-state index >= 15 is 0 Å². The number of halogens is 2. The van der Waals surface area contributed by atoms with Gasteiger partial charge >= 0.3 is 0 Å². The zero-order valence-corrected chi connectivity index (χ0v) is 11.9. The maximum Gasteiger partial charge on any atom is 0.109 e. The molecular weight excluding hydrogens is 287 g/mol. The maximum atomic E-state index is 9.86. The van der Waals surface area contributed by atoms with Gasteiger partial charge in [-0.1, -0.05) is 53.6 Å². The Labute approximate surface area is 121 Å². The first-order valence-corrected chi connectivity index (χ1v) is 7.37. The summed E-state index contributed by atoms with van der Waals surface area (Å²) < 4.78 is 0.